The Morgan fingerprint density at radius 3 is 2.52 bits per heavy atom. The Bertz CT molecular complexity index is 842. The molecular weight excluding hydrogens is 364 g/mol. The Hall–Kier alpha value is -2.21. The molecule has 1 saturated heterocycles. The number of aliphatic hydroxyl groups is 1. The van der Waals surface area contributed by atoms with E-state index >= 15 is 0 Å². The average Bonchev–Trinajstić information content (AvgIpc) is 3.51. The number of carbonyl (C=O) groups is 1. The van der Waals surface area contributed by atoms with Crippen molar-refractivity contribution in [1.82, 2.24) is 19.9 Å². The van der Waals surface area contributed by atoms with Crippen LogP contribution in [0.3, 0.4) is 0 Å². The molecule has 1 N–H and O–H groups in total. The summed E-state index contributed by atoms with van der Waals surface area (Å²) < 4.78 is 1.84. The van der Waals surface area contributed by atoms with Gasteiger partial charge < -0.3 is 10.0 Å². The molecule has 5 rings (SSSR count). The van der Waals surface area contributed by atoms with Crippen LogP contribution >= 0.6 is 0 Å². The van der Waals surface area contributed by atoms with Gasteiger partial charge in [-0.3, -0.25) is 4.79 Å². The lowest BCUT2D eigenvalue weighted by molar-refractivity contribution is -0.145. The number of β-amino-alcohol motifs (C(OH)–C–C–N with tert-alkyl or cyclic N) is 1. The highest BCUT2D eigenvalue weighted by Gasteiger charge is 2.41. The highest BCUT2D eigenvalue weighted by molar-refractivity contribution is 5.79. The van der Waals surface area contributed by atoms with E-state index in [9.17, 15) is 9.90 Å². The van der Waals surface area contributed by atoms with Crippen molar-refractivity contribution < 1.29 is 9.90 Å². The summed E-state index contributed by atoms with van der Waals surface area (Å²) in [5.74, 6) is 0.860. The molecule has 29 heavy (non-hydrogen) atoms. The Labute approximate surface area is 171 Å². The molecule has 0 unspecified atom stereocenters. The second-order valence-electron chi connectivity index (χ2n) is 9.02. The van der Waals surface area contributed by atoms with Crippen molar-refractivity contribution in [2.24, 2.45) is 5.92 Å². The number of rotatable bonds is 4. The molecule has 3 fully saturated rings. The number of carbonyl (C=O) groups excluding carboxylic acids is 1. The van der Waals surface area contributed by atoms with Crippen molar-refractivity contribution in [3.05, 3.63) is 47.8 Å². The van der Waals surface area contributed by atoms with E-state index in [0.29, 0.717) is 18.9 Å². The molecule has 3 atom stereocenters. The number of benzene rings is 1. The van der Waals surface area contributed by atoms with Crippen LogP contribution in [0.15, 0.2) is 36.5 Å². The quantitative estimate of drug-likeness (QED) is 0.860. The summed E-state index contributed by atoms with van der Waals surface area (Å²) in [5, 5.41) is 19.7. The first-order valence-corrected chi connectivity index (χ1v) is 11.2. The number of aromatic nitrogens is 3. The summed E-state index contributed by atoms with van der Waals surface area (Å²) >= 11 is 0. The summed E-state index contributed by atoms with van der Waals surface area (Å²) in [6, 6.07) is 10.1. The molecule has 2 aliphatic carbocycles. The molecule has 6 heteroatoms. The second-order valence-corrected chi connectivity index (χ2v) is 9.02. The summed E-state index contributed by atoms with van der Waals surface area (Å²) in [4.78, 5) is 15.4. The zero-order valence-electron chi connectivity index (χ0n) is 16.9. The van der Waals surface area contributed by atoms with Gasteiger partial charge in [0.2, 0.25) is 5.91 Å². The smallest absolute Gasteiger partial charge is 0.226 e. The summed E-state index contributed by atoms with van der Waals surface area (Å²) in [6.07, 6.45) is 9.85. The third-order valence-electron chi connectivity index (χ3n) is 6.95. The van der Waals surface area contributed by atoms with E-state index in [-0.39, 0.29) is 23.9 Å². The van der Waals surface area contributed by atoms with Gasteiger partial charge in [-0.2, -0.15) is 0 Å². The fourth-order valence-electron chi connectivity index (χ4n) is 5.09. The van der Waals surface area contributed by atoms with Gasteiger partial charge in [0.1, 0.15) is 0 Å². The van der Waals surface area contributed by atoms with Crippen LogP contribution in [0.25, 0.3) is 0 Å². The topological polar surface area (TPSA) is 71.2 Å². The monoisotopic (exact) mass is 394 g/mol. The van der Waals surface area contributed by atoms with E-state index < -0.39 is 6.10 Å². The van der Waals surface area contributed by atoms with Crippen molar-refractivity contribution >= 4 is 5.91 Å². The molecule has 2 aromatic rings. The molecule has 6 nitrogen and oxygen atoms in total. The highest BCUT2D eigenvalue weighted by atomic mass is 16.3. The van der Waals surface area contributed by atoms with E-state index in [1.807, 2.05) is 34.0 Å². The predicted molar refractivity (Wildman–Crippen MR) is 109 cm³/mol. The van der Waals surface area contributed by atoms with Gasteiger partial charge in [0.05, 0.1) is 23.9 Å². The maximum absolute atomic E-state index is 13.4. The van der Waals surface area contributed by atoms with Gasteiger partial charge in [0.15, 0.2) is 0 Å². The van der Waals surface area contributed by atoms with Gasteiger partial charge in [-0.05, 0) is 37.7 Å². The number of aliphatic hydroxyl groups excluding tert-OH is 1. The van der Waals surface area contributed by atoms with Crippen LogP contribution in [0.5, 0.6) is 0 Å². The first-order valence-electron chi connectivity index (χ1n) is 11.2. The molecule has 1 aliphatic heterocycles. The first-order chi connectivity index (χ1) is 14.2. The summed E-state index contributed by atoms with van der Waals surface area (Å²) in [5.41, 5.74) is 2.17. The lowest BCUT2D eigenvalue weighted by Crippen LogP contribution is -2.51. The third kappa shape index (κ3) is 3.82. The van der Waals surface area contributed by atoms with Crippen LogP contribution in [0.2, 0.25) is 0 Å². The minimum atomic E-state index is -0.628. The van der Waals surface area contributed by atoms with Crippen LogP contribution < -0.4 is 0 Å². The van der Waals surface area contributed by atoms with Crippen LogP contribution in [0.4, 0.5) is 0 Å². The number of hydrogen-bond donors (Lipinski definition) is 1. The minimum Gasteiger partial charge on any atom is -0.389 e. The zero-order valence-corrected chi connectivity index (χ0v) is 16.9. The number of nitrogens with zero attached hydrogens (tertiary/aromatic N) is 4. The molecule has 154 valence electrons. The Morgan fingerprint density at radius 1 is 1.03 bits per heavy atom. The number of amides is 1. The van der Waals surface area contributed by atoms with Crippen LogP contribution in [0, 0.1) is 5.92 Å². The van der Waals surface area contributed by atoms with E-state index in [2.05, 4.69) is 22.4 Å². The van der Waals surface area contributed by atoms with Crippen LogP contribution in [-0.4, -0.2) is 43.6 Å². The van der Waals surface area contributed by atoms with Gasteiger partial charge in [0, 0.05) is 24.6 Å². The normalized spacial score (nSPS) is 28.4. The largest absolute Gasteiger partial charge is 0.389 e. The Balaban J connectivity index is 1.42. The fourth-order valence-corrected chi connectivity index (χ4v) is 5.09. The van der Waals surface area contributed by atoms with E-state index in [0.717, 1.165) is 36.9 Å². The molecule has 2 saturated carbocycles. The van der Waals surface area contributed by atoms with Gasteiger partial charge >= 0.3 is 0 Å². The molecule has 1 aromatic carbocycles. The van der Waals surface area contributed by atoms with Crippen molar-refractivity contribution in [3.8, 4) is 0 Å². The number of hydrogen-bond acceptors (Lipinski definition) is 4. The molecule has 2 heterocycles. The lowest BCUT2D eigenvalue weighted by Gasteiger charge is -2.44. The fraction of sp³-hybridized carbons (Fsp3) is 0.609. The zero-order chi connectivity index (χ0) is 19.8. The minimum absolute atomic E-state index is 0.0346. The van der Waals surface area contributed by atoms with Crippen LogP contribution in [-0.2, 0) is 4.79 Å². The van der Waals surface area contributed by atoms with Gasteiger partial charge in [-0.15, -0.1) is 5.10 Å². The molecule has 0 bridgehead atoms. The molecule has 3 aliphatic rings. The molecule has 1 amide bonds. The third-order valence-corrected chi connectivity index (χ3v) is 6.95. The van der Waals surface area contributed by atoms with E-state index in [1.165, 1.54) is 19.3 Å². The van der Waals surface area contributed by atoms with Crippen molar-refractivity contribution in [2.75, 3.05) is 6.54 Å². The second kappa shape index (κ2) is 7.90. The summed E-state index contributed by atoms with van der Waals surface area (Å²) in [7, 11) is 0. The van der Waals surface area contributed by atoms with Gasteiger partial charge in [-0.1, -0.05) is 54.8 Å². The Morgan fingerprint density at radius 2 is 1.79 bits per heavy atom. The van der Waals surface area contributed by atoms with Crippen molar-refractivity contribution in [1.29, 1.82) is 0 Å². The average molecular weight is 395 g/mol. The standard InChI is InChI=1S/C23H30N4O2/c28-22-15-26(23(29)18-9-5-2-6-10-18)20(17-7-3-1-4-8-17)13-21(22)27-14-19(24-25-27)16-11-12-16/h1,3-4,7-8,14,16,18,20-22,28H,2,5-6,9-13,15H2/t20-,21+,22-/m1/s1. The molecule has 1 aromatic heterocycles. The first kappa shape index (κ1) is 18.8. The number of piperidine rings is 1. The molecular formula is C23H30N4O2. The van der Waals surface area contributed by atoms with Gasteiger partial charge in [-0.25, -0.2) is 4.68 Å². The lowest BCUT2D eigenvalue weighted by atomic mass is 9.85. The van der Waals surface area contributed by atoms with Gasteiger partial charge in [0.25, 0.3) is 0 Å². The maximum Gasteiger partial charge on any atom is 0.226 e. The highest BCUT2D eigenvalue weighted by Crippen LogP contribution is 2.41. The molecule has 0 radical (unpaired) electrons. The maximum atomic E-state index is 13.4. The SMILES string of the molecule is O=C(C1CCCCC1)N1C[C@@H](O)[C@@H](n2cc(C3CC3)nn2)C[C@@H]1c1ccccc1. The summed E-state index contributed by atoms with van der Waals surface area (Å²) in [6.45, 7) is 0.359. The van der Waals surface area contributed by atoms with Crippen LogP contribution in [0.1, 0.15) is 80.6 Å². The van der Waals surface area contributed by atoms with Crippen molar-refractivity contribution in [2.45, 2.75) is 75.5 Å². The van der Waals surface area contributed by atoms with Crippen molar-refractivity contribution in [3.63, 3.8) is 0 Å². The van der Waals surface area contributed by atoms with E-state index in [4.69, 9.17) is 0 Å². The number of likely N-dealkylation sites (tertiary alicyclic amines) is 1. The molecule has 0 spiro atoms. The predicted octanol–water partition coefficient (Wildman–Crippen LogP) is 3.61. The van der Waals surface area contributed by atoms with E-state index in [1.54, 1.807) is 0 Å². The Kier molecular flexibility index (Phi) is 5.12.